The van der Waals surface area contributed by atoms with Gasteiger partial charge in [0.1, 0.15) is 0 Å². The zero-order valence-corrected chi connectivity index (χ0v) is 19.9. The first-order valence-corrected chi connectivity index (χ1v) is 10.6. The van der Waals surface area contributed by atoms with Crippen molar-refractivity contribution in [3.05, 3.63) is 76.9 Å². The van der Waals surface area contributed by atoms with Gasteiger partial charge in [0.25, 0.3) is 0 Å². The van der Waals surface area contributed by atoms with Gasteiger partial charge in [-0.1, -0.05) is 54.6 Å². The smallest absolute Gasteiger partial charge is 0.0894 e. The van der Waals surface area contributed by atoms with Gasteiger partial charge in [-0.2, -0.15) is 0 Å². The number of quaternary nitrogens is 1. The van der Waals surface area contributed by atoms with Crippen LogP contribution in [0.15, 0.2) is 54.6 Å². The SMILES string of the molecule is Cc1ccccc1C(=CC1C[C@H]2CCC[C@@H](C1)[N+]2(C)C)c1ccccc1C.[I-]. The number of hydrogen-bond acceptors (Lipinski definition) is 0. The first-order valence-electron chi connectivity index (χ1n) is 10.6. The van der Waals surface area contributed by atoms with Crippen LogP contribution in [0.5, 0.6) is 0 Å². The number of nitrogens with zero attached hydrogens (tertiary/aromatic N) is 1. The molecular weight excluding hydrogens is 453 g/mol. The second-order valence-electron chi connectivity index (χ2n) is 9.31. The molecule has 2 heteroatoms. The Kier molecular flexibility index (Phi) is 6.71. The number of halogens is 1. The Morgan fingerprint density at radius 2 is 1.29 bits per heavy atom. The molecule has 2 bridgehead atoms. The van der Waals surface area contributed by atoms with Crippen molar-refractivity contribution < 1.29 is 28.5 Å². The van der Waals surface area contributed by atoms with E-state index >= 15 is 0 Å². The van der Waals surface area contributed by atoms with E-state index in [1.165, 1.54) is 64.4 Å². The van der Waals surface area contributed by atoms with Crippen molar-refractivity contribution in [1.29, 1.82) is 0 Å². The molecule has 4 rings (SSSR count). The highest BCUT2D eigenvalue weighted by molar-refractivity contribution is 5.82. The third-order valence-electron chi connectivity index (χ3n) is 7.38. The number of benzene rings is 2. The van der Waals surface area contributed by atoms with Gasteiger partial charge in [0.05, 0.1) is 26.2 Å². The lowest BCUT2D eigenvalue weighted by molar-refractivity contribution is -0.950. The molecule has 0 amide bonds. The Hall–Kier alpha value is -1.13. The van der Waals surface area contributed by atoms with Crippen LogP contribution in [-0.2, 0) is 0 Å². The molecule has 0 N–H and O–H groups in total. The van der Waals surface area contributed by atoms with Crippen molar-refractivity contribution in [2.45, 2.75) is 58.0 Å². The maximum absolute atomic E-state index is 2.63. The number of aryl methyl sites for hydroxylation is 2. The molecule has 0 aliphatic carbocycles. The van der Waals surface area contributed by atoms with Crippen LogP contribution in [0.1, 0.15) is 54.4 Å². The Labute approximate surface area is 188 Å². The van der Waals surface area contributed by atoms with Crippen LogP contribution in [0, 0.1) is 19.8 Å². The van der Waals surface area contributed by atoms with Gasteiger partial charge in [-0.3, -0.25) is 0 Å². The van der Waals surface area contributed by atoms with E-state index in [9.17, 15) is 0 Å². The van der Waals surface area contributed by atoms with E-state index in [-0.39, 0.29) is 24.0 Å². The minimum Gasteiger partial charge on any atom is -1.00 e. The molecule has 150 valence electrons. The molecule has 2 aromatic carbocycles. The summed E-state index contributed by atoms with van der Waals surface area (Å²) in [5.74, 6) is 0.695. The standard InChI is InChI=1S/C26H34N.HI/c1-19-10-5-7-14-24(19)26(25-15-8-6-11-20(25)2)18-21-16-22-12-9-13-23(17-21)27(22,3)4;/h5-8,10-11,14-15,18,21-23H,9,12-13,16-17H2,1-4H3;1H/q+1;/p-1/t21?,22-,23+;. The summed E-state index contributed by atoms with van der Waals surface area (Å²) in [6.07, 6.45) is 9.54. The summed E-state index contributed by atoms with van der Waals surface area (Å²) in [7, 11) is 4.94. The van der Waals surface area contributed by atoms with Crippen LogP contribution in [0.25, 0.3) is 5.57 Å². The Balaban J connectivity index is 0.00000225. The molecule has 0 saturated carbocycles. The predicted molar refractivity (Wildman–Crippen MR) is 116 cm³/mol. The molecule has 2 aliphatic heterocycles. The molecule has 28 heavy (non-hydrogen) atoms. The van der Waals surface area contributed by atoms with Gasteiger partial charge < -0.3 is 28.5 Å². The third-order valence-corrected chi connectivity index (χ3v) is 7.38. The molecule has 2 aliphatic rings. The maximum atomic E-state index is 2.63. The monoisotopic (exact) mass is 487 g/mol. The summed E-state index contributed by atoms with van der Waals surface area (Å²) >= 11 is 0. The summed E-state index contributed by atoms with van der Waals surface area (Å²) in [6, 6.07) is 19.4. The number of hydrogen-bond donors (Lipinski definition) is 0. The molecule has 1 nitrogen and oxygen atoms in total. The minimum absolute atomic E-state index is 0. The van der Waals surface area contributed by atoms with Gasteiger partial charge in [-0.05, 0) is 66.9 Å². The van der Waals surface area contributed by atoms with E-state index in [1.807, 2.05) is 0 Å². The third kappa shape index (κ3) is 4.09. The van der Waals surface area contributed by atoms with Gasteiger partial charge in [-0.15, -0.1) is 0 Å². The quantitative estimate of drug-likeness (QED) is 0.461. The van der Waals surface area contributed by atoms with Crippen LogP contribution >= 0.6 is 0 Å². The molecule has 0 spiro atoms. The molecule has 2 saturated heterocycles. The zero-order chi connectivity index (χ0) is 19.0. The van der Waals surface area contributed by atoms with Crippen molar-refractivity contribution in [3.8, 4) is 0 Å². The van der Waals surface area contributed by atoms with Crippen LogP contribution in [0.3, 0.4) is 0 Å². The van der Waals surface area contributed by atoms with Gasteiger partial charge >= 0.3 is 0 Å². The van der Waals surface area contributed by atoms with E-state index in [0.29, 0.717) is 5.92 Å². The van der Waals surface area contributed by atoms with Gasteiger partial charge in [0.15, 0.2) is 0 Å². The lowest BCUT2D eigenvalue weighted by Crippen LogP contribution is -3.00. The highest BCUT2D eigenvalue weighted by Gasteiger charge is 2.45. The minimum atomic E-state index is 0. The van der Waals surface area contributed by atoms with Crippen molar-refractivity contribution >= 4 is 5.57 Å². The van der Waals surface area contributed by atoms with Crippen LogP contribution in [0.4, 0.5) is 0 Å². The van der Waals surface area contributed by atoms with Gasteiger partial charge in [0, 0.05) is 12.8 Å². The van der Waals surface area contributed by atoms with E-state index < -0.39 is 0 Å². The van der Waals surface area contributed by atoms with Crippen LogP contribution in [0.2, 0.25) is 0 Å². The molecule has 1 unspecified atom stereocenters. The van der Waals surface area contributed by atoms with Crippen molar-refractivity contribution in [1.82, 2.24) is 0 Å². The topological polar surface area (TPSA) is 0 Å². The molecule has 0 radical (unpaired) electrons. The molecular formula is C26H34IN. The summed E-state index contributed by atoms with van der Waals surface area (Å²) in [4.78, 5) is 0. The van der Waals surface area contributed by atoms with Crippen LogP contribution in [-0.4, -0.2) is 30.7 Å². The zero-order valence-electron chi connectivity index (χ0n) is 17.8. The predicted octanol–water partition coefficient (Wildman–Crippen LogP) is 3.15. The first-order chi connectivity index (χ1) is 13.0. The average Bonchev–Trinajstić information content (AvgIpc) is 2.61. The molecule has 3 atom stereocenters. The Bertz CT molecular complexity index is 788. The highest BCUT2D eigenvalue weighted by Crippen LogP contribution is 2.42. The fraction of sp³-hybridized carbons (Fsp3) is 0.462. The second-order valence-corrected chi connectivity index (χ2v) is 9.31. The van der Waals surface area contributed by atoms with E-state index in [1.54, 1.807) is 0 Å². The number of rotatable bonds is 3. The number of piperidine rings is 2. The fourth-order valence-corrected chi connectivity index (χ4v) is 5.57. The summed E-state index contributed by atoms with van der Waals surface area (Å²) < 4.78 is 1.24. The highest BCUT2D eigenvalue weighted by atomic mass is 127. The number of fused-ring (bicyclic) bond motifs is 2. The van der Waals surface area contributed by atoms with Crippen molar-refractivity contribution in [2.75, 3.05) is 14.1 Å². The van der Waals surface area contributed by atoms with Crippen molar-refractivity contribution in [3.63, 3.8) is 0 Å². The Morgan fingerprint density at radius 3 is 1.75 bits per heavy atom. The van der Waals surface area contributed by atoms with Crippen LogP contribution < -0.4 is 24.0 Å². The van der Waals surface area contributed by atoms with Gasteiger partial charge in [0.2, 0.25) is 0 Å². The second kappa shape index (κ2) is 8.71. The van der Waals surface area contributed by atoms with E-state index in [0.717, 1.165) is 12.1 Å². The normalized spacial score (nSPS) is 25.5. The summed E-state index contributed by atoms with van der Waals surface area (Å²) in [6.45, 7) is 4.49. The molecule has 2 heterocycles. The van der Waals surface area contributed by atoms with Crippen molar-refractivity contribution in [2.24, 2.45) is 5.92 Å². The molecule has 2 aromatic rings. The fourth-order valence-electron chi connectivity index (χ4n) is 5.57. The Morgan fingerprint density at radius 1 is 0.821 bits per heavy atom. The van der Waals surface area contributed by atoms with E-state index in [4.69, 9.17) is 0 Å². The first kappa shape index (κ1) is 21.6. The lowest BCUT2D eigenvalue weighted by atomic mass is 9.75. The molecule has 2 fully saturated rings. The summed E-state index contributed by atoms with van der Waals surface area (Å²) in [5, 5.41) is 0. The summed E-state index contributed by atoms with van der Waals surface area (Å²) in [5.41, 5.74) is 6.99. The molecule has 0 aromatic heterocycles. The van der Waals surface area contributed by atoms with E-state index in [2.05, 4.69) is 82.5 Å². The maximum Gasteiger partial charge on any atom is 0.0894 e. The average molecular weight is 487 g/mol. The van der Waals surface area contributed by atoms with Gasteiger partial charge in [-0.25, -0.2) is 0 Å². The lowest BCUT2D eigenvalue weighted by Gasteiger charge is -2.53. The largest absolute Gasteiger partial charge is 1.00 e. The number of allylic oxidation sites excluding steroid dienone is 1.